The van der Waals surface area contributed by atoms with Crippen molar-refractivity contribution in [1.82, 2.24) is 4.98 Å². The van der Waals surface area contributed by atoms with Crippen LogP contribution in [0.15, 0.2) is 42.5 Å². The Morgan fingerprint density at radius 1 is 1.24 bits per heavy atom. The lowest BCUT2D eigenvalue weighted by molar-refractivity contribution is 0.0594. The lowest BCUT2D eigenvalue weighted by Gasteiger charge is -2.30. The van der Waals surface area contributed by atoms with Crippen LogP contribution in [0.5, 0.6) is 0 Å². The molecular formula is C17H18N2O2. The van der Waals surface area contributed by atoms with E-state index in [1.165, 1.54) is 18.2 Å². The zero-order valence-electron chi connectivity index (χ0n) is 12.1. The van der Waals surface area contributed by atoms with Crippen LogP contribution in [0.2, 0.25) is 0 Å². The molecule has 2 aromatic rings. The van der Waals surface area contributed by atoms with Crippen LogP contribution >= 0.6 is 0 Å². The van der Waals surface area contributed by atoms with Gasteiger partial charge in [0.25, 0.3) is 0 Å². The third-order valence-electron chi connectivity index (χ3n) is 3.74. The number of esters is 1. The number of ether oxygens (including phenoxy) is 1. The molecule has 4 heteroatoms. The van der Waals surface area contributed by atoms with E-state index in [4.69, 9.17) is 4.74 Å². The monoisotopic (exact) mass is 282 g/mol. The van der Waals surface area contributed by atoms with Crippen molar-refractivity contribution in [1.29, 1.82) is 0 Å². The molecule has 0 saturated carbocycles. The Morgan fingerprint density at radius 2 is 2.05 bits per heavy atom. The maximum absolute atomic E-state index is 11.7. The van der Waals surface area contributed by atoms with E-state index in [2.05, 4.69) is 22.0 Å². The lowest BCUT2D eigenvalue weighted by atomic mass is 10.0. The molecule has 1 aromatic heterocycles. The normalized spacial score (nSPS) is 13.7. The summed E-state index contributed by atoms with van der Waals surface area (Å²) in [7, 11) is 1.38. The average Bonchev–Trinajstić information content (AvgIpc) is 2.55. The number of rotatable bonds is 3. The second-order valence-corrected chi connectivity index (χ2v) is 5.18. The summed E-state index contributed by atoms with van der Waals surface area (Å²) in [5.41, 5.74) is 2.82. The molecule has 108 valence electrons. The molecule has 0 unspecified atom stereocenters. The van der Waals surface area contributed by atoms with Crippen LogP contribution in [-0.2, 0) is 17.7 Å². The summed E-state index contributed by atoms with van der Waals surface area (Å²) in [6, 6.07) is 14.1. The van der Waals surface area contributed by atoms with Crippen molar-refractivity contribution in [2.24, 2.45) is 0 Å². The van der Waals surface area contributed by atoms with Gasteiger partial charge in [0.2, 0.25) is 0 Å². The predicted molar refractivity (Wildman–Crippen MR) is 81.4 cm³/mol. The molecular weight excluding hydrogens is 264 g/mol. The molecule has 0 atom stereocenters. The largest absolute Gasteiger partial charge is 0.464 e. The van der Waals surface area contributed by atoms with Gasteiger partial charge in [0, 0.05) is 13.1 Å². The van der Waals surface area contributed by atoms with Gasteiger partial charge in [0.05, 0.1) is 7.11 Å². The van der Waals surface area contributed by atoms with Gasteiger partial charge in [-0.1, -0.05) is 36.4 Å². The summed E-state index contributed by atoms with van der Waals surface area (Å²) >= 11 is 0. The Kier molecular flexibility index (Phi) is 3.86. The van der Waals surface area contributed by atoms with Gasteiger partial charge in [-0.2, -0.15) is 0 Å². The van der Waals surface area contributed by atoms with Crippen molar-refractivity contribution in [3.05, 3.63) is 59.3 Å². The molecule has 1 aromatic carbocycles. The Labute approximate surface area is 124 Å². The molecule has 0 radical (unpaired) electrons. The van der Waals surface area contributed by atoms with Crippen LogP contribution in [0.4, 0.5) is 5.82 Å². The number of aromatic nitrogens is 1. The summed E-state index contributed by atoms with van der Waals surface area (Å²) in [6.07, 6.45) is 2.12. The smallest absolute Gasteiger partial charge is 0.356 e. The highest BCUT2D eigenvalue weighted by Crippen LogP contribution is 2.27. The van der Waals surface area contributed by atoms with Gasteiger partial charge in [0.15, 0.2) is 5.69 Å². The van der Waals surface area contributed by atoms with Gasteiger partial charge in [-0.3, -0.25) is 0 Å². The number of anilines is 1. The van der Waals surface area contributed by atoms with E-state index in [0.717, 1.165) is 31.7 Å². The standard InChI is InChI=1S/C17H18N2O2/c1-21-17(20)15-10-9-14-8-5-11-19(16(14)18-15)12-13-6-3-2-4-7-13/h2-4,6-7,9-10H,5,8,11-12H2,1H3. The van der Waals surface area contributed by atoms with Gasteiger partial charge in [-0.15, -0.1) is 0 Å². The van der Waals surface area contributed by atoms with Crippen molar-refractivity contribution in [2.75, 3.05) is 18.6 Å². The van der Waals surface area contributed by atoms with Crippen molar-refractivity contribution >= 4 is 11.8 Å². The van der Waals surface area contributed by atoms with Gasteiger partial charge in [-0.05, 0) is 30.0 Å². The first-order valence-corrected chi connectivity index (χ1v) is 7.15. The number of pyridine rings is 1. The number of hydrogen-bond donors (Lipinski definition) is 0. The Balaban J connectivity index is 1.90. The van der Waals surface area contributed by atoms with E-state index < -0.39 is 0 Å². The highest BCUT2D eigenvalue weighted by Gasteiger charge is 2.20. The minimum atomic E-state index is -0.386. The first-order chi connectivity index (χ1) is 10.3. The summed E-state index contributed by atoms with van der Waals surface area (Å²) < 4.78 is 4.76. The van der Waals surface area contributed by atoms with Crippen LogP contribution < -0.4 is 4.90 Å². The second kappa shape index (κ2) is 5.95. The van der Waals surface area contributed by atoms with E-state index in [1.807, 2.05) is 24.3 Å². The first kappa shape index (κ1) is 13.6. The van der Waals surface area contributed by atoms with Crippen LogP contribution in [0.25, 0.3) is 0 Å². The third-order valence-corrected chi connectivity index (χ3v) is 3.74. The van der Waals surface area contributed by atoms with Crippen molar-refractivity contribution in [3.8, 4) is 0 Å². The van der Waals surface area contributed by atoms with E-state index in [0.29, 0.717) is 5.69 Å². The van der Waals surface area contributed by atoms with E-state index in [-0.39, 0.29) is 5.97 Å². The van der Waals surface area contributed by atoms with Crippen LogP contribution in [0, 0.1) is 0 Å². The molecule has 21 heavy (non-hydrogen) atoms. The maximum atomic E-state index is 11.7. The fraction of sp³-hybridized carbons (Fsp3) is 0.294. The third kappa shape index (κ3) is 2.89. The zero-order chi connectivity index (χ0) is 14.7. The fourth-order valence-corrected chi connectivity index (χ4v) is 2.69. The molecule has 2 heterocycles. The number of methoxy groups -OCH3 is 1. The predicted octanol–water partition coefficient (Wildman–Crippen LogP) is 2.82. The SMILES string of the molecule is COC(=O)c1ccc2c(n1)N(Cc1ccccc1)CCC2. The molecule has 0 spiro atoms. The minimum absolute atomic E-state index is 0.371. The Hall–Kier alpha value is -2.36. The van der Waals surface area contributed by atoms with Crippen LogP contribution in [0.3, 0.4) is 0 Å². The Bertz CT molecular complexity index is 640. The molecule has 1 aliphatic heterocycles. The van der Waals surface area contributed by atoms with E-state index in [9.17, 15) is 4.79 Å². The highest BCUT2D eigenvalue weighted by atomic mass is 16.5. The molecule has 0 N–H and O–H groups in total. The quantitative estimate of drug-likeness (QED) is 0.812. The zero-order valence-corrected chi connectivity index (χ0v) is 12.1. The van der Waals surface area contributed by atoms with E-state index in [1.54, 1.807) is 6.07 Å². The molecule has 3 rings (SSSR count). The lowest BCUT2D eigenvalue weighted by Crippen LogP contribution is -2.30. The number of hydrogen-bond acceptors (Lipinski definition) is 4. The number of nitrogens with zero attached hydrogens (tertiary/aromatic N) is 2. The molecule has 0 bridgehead atoms. The molecule has 0 fully saturated rings. The number of carbonyl (C=O) groups excluding carboxylic acids is 1. The Morgan fingerprint density at radius 3 is 2.81 bits per heavy atom. The molecule has 1 aliphatic rings. The van der Waals surface area contributed by atoms with Crippen molar-refractivity contribution in [3.63, 3.8) is 0 Å². The van der Waals surface area contributed by atoms with Crippen molar-refractivity contribution in [2.45, 2.75) is 19.4 Å². The maximum Gasteiger partial charge on any atom is 0.356 e. The first-order valence-electron chi connectivity index (χ1n) is 7.15. The number of aryl methyl sites for hydroxylation is 1. The van der Waals surface area contributed by atoms with Crippen LogP contribution in [-0.4, -0.2) is 24.6 Å². The summed E-state index contributed by atoms with van der Waals surface area (Å²) in [5, 5.41) is 0. The fourth-order valence-electron chi connectivity index (χ4n) is 2.69. The number of carbonyl (C=O) groups is 1. The number of benzene rings is 1. The summed E-state index contributed by atoms with van der Waals surface area (Å²) in [5.74, 6) is 0.524. The van der Waals surface area contributed by atoms with Gasteiger partial charge < -0.3 is 9.64 Å². The average molecular weight is 282 g/mol. The summed E-state index contributed by atoms with van der Waals surface area (Å²) in [6.45, 7) is 1.77. The molecule has 0 saturated heterocycles. The molecule has 0 aliphatic carbocycles. The van der Waals surface area contributed by atoms with Crippen LogP contribution in [0.1, 0.15) is 28.0 Å². The van der Waals surface area contributed by atoms with E-state index >= 15 is 0 Å². The topological polar surface area (TPSA) is 42.4 Å². The second-order valence-electron chi connectivity index (χ2n) is 5.18. The van der Waals surface area contributed by atoms with Gasteiger partial charge >= 0.3 is 5.97 Å². The molecule has 0 amide bonds. The van der Waals surface area contributed by atoms with Gasteiger partial charge in [-0.25, -0.2) is 9.78 Å². The number of fused-ring (bicyclic) bond motifs is 1. The van der Waals surface area contributed by atoms with Crippen molar-refractivity contribution < 1.29 is 9.53 Å². The summed E-state index contributed by atoms with van der Waals surface area (Å²) in [4.78, 5) is 18.4. The molecule has 4 nitrogen and oxygen atoms in total. The highest BCUT2D eigenvalue weighted by molar-refractivity contribution is 5.87. The van der Waals surface area contributed by atoms with Gasteiger partial charge in [0.1, 0.15) is 5.82 Å². The minimum Gasteiger partial charge on any atom is -0.464 e.